The summed E-state index contributed by atoms with van der Waals surface area (Å²) in [6, 6.07) is 9.74. The normalized spacial score (nSPS) is 10.8. The fourth-order valence-corrected chi connectivity index (χ4v) is 3.13. The molecule has 5 heteroatoms. The molecule has 4 nitrogen and oxygen atoms in total. The van der Waals surface area contributed by atoms with Crippen molar-refractivity contribution in [2.75, 3.05) is 0 Å². The van der Waals surface area contributed by atoms with Crippen molar-refractivity contribution in [2.45, 2.75) is 19.9 Å². The molecule has 0 aliphatic rings. The van der Waals surface area contributed by atoms with Crippen LogP contribution in [-0.2, 0) is 13.0 Å². The van der Waals surface area contributed by atoms with Gasteiger partial charge in [0, 0.05) is 10.3 Å². The van der Waals surface area contributed by atoms with E-state index in [1.807, 2.05) is 24.3 Å². The summed E-state index contributed by atoms with van der Waals surface area (Å²) in [6.07, 6.45) is 0.986. The van der Waals surface area contributed by atoms with Crippen LogP contribution in [-0.4, -0.2) is 16.1 Å². The molecule has 0 radical (unpaired) electrons. The van der Waals surface area contributed by atoms with E-state index in [0.717, 1.165) is 17.3 Å². The second-order valence-electron chi connectivity index (χ2n) is 4.52. The number of aryl methyl sites for hydroxylation is 1. The van der Waals surface area contributed by atoms with E-state index in [1.54, 1.807) is 11.3 Å². The van der Waals surface area contributed by atoms with Gasteiger partial charge in [-0.05, 0) is 29.5 Å². The Balaban J connectivity index is 1.77. The number of benzene rings is 1. The van der Waals surface area contributed by atoms with Gasteiger partial charge in [-0.2, -0.15) is 5.10 Å². The zero-order valence-corrected chi connectivity index (χ0v) is 12.0. The van der Waals surface area contributed by atoms with Gasteiger partial charge in [0.2, 0.25) is 0 Å². The van der Waals surface area contributed by atoms with Crippen molar-refractivity contribution in [1.82, 2.24) is 15.5 Å². The summed E-state index contributed by atoms with van der Waals surface area (Å²) in [6.45, 7) is 2.68. The number of hydrogen-bond donors (Lipinski definition) is 2. The Morgan fingerprint density at radius 2 is 2.20 bits per heavy atom. The van der Waals surface area contributed by atoms with Crippen LogP contribution in [0.1, 0.15) is 27.9 Å². The molecular weight excluding hydrogens is 270 g/mol. The summed E-state index contributed by atoms with van der Waals surface area (Å²) >= 11 is 1.67. The number of hydrogen-bond acceptors (Lipinski definition) is 3. The Morgan fingerprint density at radius 3 is 3.05 bits per heavy atom. The number of thiophene rings is 1. The smallest absolute Gasteiger partial charge is 0.272 e. The molecule has 0 aliphatic heterocycles. The van der Waals surface area contributed by atoms with Crippen LogP contribution in [0, 0.1) is 0 Å². The van der Waals surface area contributed by atoms with Gasteiger partial charge in [-0.15, -0.1) is 11.3 Å². The minimum atomic E-state index is -0.141. The van der Waals surface area contributed by atoms with Crippen LogP contribution < -0.4 is 5.32 Å². The van der Waals surface area contributed by atoms with Gasteiger partial charge in [0.05, 0.1) is 12.1 Å². The molecule has 2 N–H and O–H groups in total. The van der Waals surface area contributed by atoms with Crippen LogP contribution in [0.5, 0.6) is 0 Å². The van der Waals surface area contributed by atoms with Gasteiger partial charge in [-0.25, -0.2) is 0 Å². The standard InChI is InChI=1S/C15H15N3OS/c1-2-10-7-8-20-13(10)9-16-15(19)14-11-5-3-4-6-12(11)17-18-14/h3-8H,2,9H2,1H3,(H,16,19)(H,17,18). The van der Waals surface area contributed by atoms with Crippen LogP contribution in [0.25, 0.3) is 10.9 Å². The number of nitrogens with zero attached hydrogens (tertiary/aromatic N) is 1. The molecule has 3 aromatic rings. The number of aromatic amines is 1. The quantitative estimate of drug-likeness (QED) is 0.774. The molecule has 0 spiro atoms. The number of carbonyl (C=O) groups is 1. The van der Waals surface area contributed by atoms with Gasteiger partial charge in [0.25, 0.3) is 5.91 Å². The van der Waals surface area contributed by atoms with Crippen molar-refractivity contribution in [2.24, 2.45) is 0 Å². The summed E-state index contributed by atoms with van der Waals surface area (Å²) in [5.41, 5.74) is 2.63. The second-order valence-corrected chi connectivity index (χ2v) is 5.52. The second kappa shape index (κ2) is 5.46. The molecule has 2 aromatic heterocycles. The highest BCUT2D eigenvalue weighted by molar-refractivity contribution is 7.10. The first-order valence-corrected chi connectivity index (χ1v) is 7.44. The molecule has 0 unspecified atom stereocenters. The monoisotopic (exact) mass is 285 g/mol. The van der Waals surface area contributed by atoms with Gasteiger partial charge in [0.1, 0.15) is 0 Å². The summed E-state index contributed by atoms with van der Waals surface area (Å²) in [7, 11) is 0. The van der Waals surface area contributed by atoms with E-state index in [2.05, 4.69) is 33.9 Å². The van der Waals surface area contributed by atoms with E-state index in [-0.39, 0.29) is 5.91 Å². The number of H-pyrrole nitrogens is 1. The lowest BCUT2D eigenvalue weighted by molar-refractivity contribution is 0.0948. The minimum Gasteiger partial charge on any atom is -0.346 e. The van der Waals surface area contributed by atoms with Crippen LogP contribution in [0.3, 0.4) is 0 Å². The van der Waals surface area contributed by atoms with Crippen molar-refractivity contribution >= 4 is 28.1 Å². The highest BCUT2D eigenvalue weighted by Gasteiger charge is 2.14. The van der Waals surface area contributed by atoms with Crippen molar-refractivity contribution in [3.05, 3.63) is 51.8 Å². The van der Waals surface area contributed by atoms with Gasteiger partial charge in [-0.1, -0.05) is 25.1 Å². The lowest BCUT2D eigenvalue weighted by Crippen LogP contribution is -2.23. The fraction of sp³-hybridized carbons (Fsp3) is 0.200. The zero-order chi connectivity index (χ0) is 13.9. The van der Waals surface area contributed by atoms with Gasteiger partial charge >= 0.3 is 0 Å². The first kappa shape index (κ1) is 12.9. The largest absolute Gasteiger partial charge is 0.346 e. The van der Waals surface area contributed by atoms with Crippen molar-refractivity contribution < 1.29 is 4.79 Å². The maximum Gasteiger partial charge on any atom is 0.272 e. The van der Waals surface area contributed by atoms with E-state index < -0.39 is 0 Å². The van der Waals surface area contributed by atoms with Crippen molar-refractivity contribution in [3.8, 4) is 0 Å². The lowest BCUT2D eigenvalue weighted by Gasteiger charge is -2.04. The number of fused-ring (bicyclic) bond motifs is 1. The molecule has 0 bridgehead atoms. The summed E-state index contributed by atoms with van der Waals surface area (Å²) in [5, 5.41) is 12.8. The van der Waals surface area contributed by atoms with Crippen molar-refractivity contribution in [1.29, 1.82) is 0 Å². The Labute approximate surface area is 120 Å². The topological polar surface area (TPSA) is 57.8 Å². The number of amides is 1. The number of rotatable bonds is 4. The van der Waals surface area contributed by atoms with Crippen LogP contribution in [0.4, 0.5) is 0 Å². The highest BCUT2D eigenvalue weighted by Crippen LogP contribution is 2.18. The molecule has 1 aromatic carbocycles. The van der Waals surface area contributed by atoms with E-state index >= 15 is 0 Å². The minimum absolute atomic E-state index is 0.141. The van der Waals surface area contributed by atoms with E-state index in [9.17, 15) is 4.79 Å². The molecule has 102 valence electrons. The first-order valence-electron chi connectivity index (χ1n) is 6.56. The van der Waals surface area contributed by atoms with Gasteiger partial charge in [-0.3, -0.25) is 9.89 Å². The fourth-order valence-electron chi connectivity index (χ4n) is 2.22. The Kier molecular flexibility index (Phi) is 3.52. The average Bonchev–Trinajstić information content (AvgIpc) is 3.11. The molecule has 1 amide bonds. The predicted molar refractivity (Wildman–Crippen MR) is 81.0 cm³/mol. The zero-order valence-electron chi connectivity index (χ0n) is 11.1. The third-order valence-corrected chi connectivity index (χ3v) is 4.28. The third-order valence-electron chi connectivity index (χ3n) is 3.31. The average molecular weight is 285 g/mol. The van der Waals surface area contributed by atoms with Crippen LogP contribution in [0.15, 0.2) is 35.7 Å². The molecule has 0 saturated heterocycles. The predicted octanol–water partition coefficient (Wildman–Crippen LogP) is 3.12. The maximum absolute atomic E-state index is 12.2. The number of nitrogens with one attached hydrogen (secondary N) is 2. The van der Waals surface area contributed by atoms with Crippen molar-refractivity contribution in [3.63, 3.8) is 0 Å². The Hall–Kier alpha value is -2.14. The third kappa shape index (κ3) is 2.32. The number of para-hydroxylation sites is 1. The molecule has 0 aliphatic carbocycles. The summed E-state index contributed by atoms with van der Waals surface area (Å²) in [4.78, 5) is 13.4. The molecular formula is C15H15N3OS. The van der Waals surface area contributed by atoms with Crippen LogP contribution in [0.2, 0.25) is 0 Å². The molecule has 2 heterocycles. The van der Waals surface area contributed by atoms with E-state index in [0.29, 0.717) is 12.2 Å². The first-order chi connectivity index (χ1) is 9.79. The summed E-state index contributed by atoms with van der Waals surface area (Å²) in [5.74, 6) is -0.141. The molecule has 3 rings (SSSR count). The number of carbonyl (C=O) groups excluding carboxylic acids is 1. The van der Waals surface area contributed by atoms with Gasteiger partial charge in [0.15, 0.2) is 5.69 Å². The molecule has 0 fully saturated rings. The maximum atomic E-state index is 12.2. The van der Waals surface area contributed by atoms with Crippen LogP contribution >= 0.6 is 11.3 Å². The molecule has 0 atom stereocenters. The van der Waals surface area contributed by atoms with E-state index in [1.165, 1.54) is 10.4 Å². The van der Waals surface area contributed by atoms with E-state index in [4.69, 9.17) is 0 Å². The Morgan fingerprint density at radius 1 is 1.35 bits per heavy atom. The molecule has 20 heavy (non-hydrogen) atoms. The lowest BCUT2D eigenvalue weighted by atomic mass is 10.2. The summed E-state index contributed by atoms with van der Waals surface area (Å²) < 4.78 is 0. The van der Waals surface area contributed by atoms with Gasteiger partial charge < -0.3 is 5.32 Å². The SMILES string of the molecule is CCc1ccsc1CNC(=O)c1n[nH]c2ccccc12. The highest BCUT2D eigenvalue weighted by atomic mass is 32.1. The Bertz CT molecular complexity index is 744. The number of aromatic nitrogens is 2. The molecule has 0 saturated carbocycles.